The molecule has 0 saturated carbocycles. The Balaban J connectivity index is 1.30. The number of amides is 1. The highest BCUT2D eigenvalue weighted by atomic mass is 32.1. The van der Waals surface area contributed by atoms with E-state index in [1.54, 1.807) is 11.3 Å². The molecule has 1 amide bonds. The van der Waals surface area contributed by atoms with Crippen LogP contribution >= 0.6 is 11.3 Å². The fourth-order valence-corrected chi connectivity index (χ4v) is 4.12. The number of fused-ring (bicyclic) bond motifs is 1. The van der Waals surface area contributed by atoms with E-state index in [1.165, 1.54) is 31.5 Å². The highest BCUT2D eigenvalue weighted by Crippen LogP contribution is 2.19. The number of nitrogens with zero attached hydrogens (tertiary/aromatic N) is 3. The predicted octanol–water partition coefficient (Wildman–Crippen LogP) is 3.81. The minimum atomic E-state index is -0.0338. The van der Waals surface area contributed by atoms with Gasteiger partial charge in [0.15, 0.2) is 4.96 Å². The fourth-order valence-electron chi connectivity index (χ4n) is 3.40. The molecule has 0 radical (unpaired) electrons. The Labute approximate surface area is 157 Å². The Morgan fingerprint density at radius 1 is 1.27 bits per heavy atom. The molecule has 4 rings (SSSR count). The lowest BCUT2D eigenvalue weighted by Gasteiger charge is -2.30. The van der Waals surface area contributed by atoms with Crippen molar-refractivity contribution in [1.82, 2.24) is 14.3 Å². The van der Waals surface area contributed by atoms with Crippen molar-refractivity contribution < 1.29 is 4.79 Å². The first kappa shape index (κ1) is 17.2. The first-order valence-corrected chi connectivity index (χ1v) is 10.1. The van der Waals surface area contributed by atoms with Gasteiger partial charge in [-0.15, -0.1) is 11.3 Å². The molecule has 0 aliphatic carbocycles. The second-order valence-corrected chi connectivity index (χ2v) is 8.08. The molecular formula is C20H24N4OS. The van der Waals surface area contributed by atoms with Crippen molar-refractivity contribution in [2.24, 2.45) is 5.92 Å². The van der Waals surface area contributed by atoms with Crippen LogP contribution in [0.4, 0.5) is 5.69 Å². The summed E-state index contributed by atoms with van der Waals surface area (Å²) in [5.41, 5.74) is 2.93. The number of anilines is 1. The van der Waals surface area contributed by atoms with E-state index in [9.17, 15) is 4.79 Å². The summed E-state index contributed by atoms with van der Waals surface area (Å²) in [7, 11) is 0. The molecule has 26 heavy (non-hydrogen) atoms. The summed E-state index contributed by atoms with van der Waals surface area (Å²) in [6.07, 6.45) is 6.74. The van der Waals surface area contributed by atoms with E-state index in [1.807, 2.05) is 34.3 Å². The quantitative estimate of drug-likeness (QED) is 0.745. The molecule has 1 aliphatic heterocycles. The number of benzene rings is 1. The number of hydrogen-bond donors (Lipinski definition) is 1. The molecule has 3 aromatic rings. The number of piperidine rings is 1. The van der Waals surface area contributed by atoms with Crippen LogP contribution in [0.2, 0.25) is 0 Å². The lowest BCUT2D eigenvalue weighted by molar-refractivity contribution is -0.115. The summed E-state index contributed by atoms with van der Waals surface area (Å²) in [4.78, 5) is 20.1. The second-order valence-electron chi connectivity index (χ2n) is 7.21. The summed E-state index contributed by atoms with van der Waals surface area (Å²) in [6, 6.07) is 8.21. The lowest BCUT2D eigenvalue weighted by Crippen LogP contribution is -2.32. The van der Waals surface area contributed by atoms with Crippen LogP contribution in [0.15, 0.2) is 42.0 Å². The van der Waals surface area contributed by atoms with Crippen LogP contribution in [0.5, 0.6) is 0 Å². The van der Waals surface area contributed by atoms with E-state index in [-0.39, 0.29) is 5.91 Å². The van der Waals surface area contributed by atoms with Gasteiger partial charge in [0.1, 0.15) is 0 Å². The molecule has 0 spiro atoms. The van der Waals surface area contributed by atoms with E-state index in [2.05, 4.69) is 34.3 Å². The minimum Gasteiger partial charge on any atom is -0.326 e. The molecule has 0 unspecified atom stereocenters. The largest absolute Gasteiger partial charge is 0.326 e. The average molecular weight is 369 g/mol. The van der Waals surface area contributed by atoms with Crippen LogP contribution in [-0.4, -0.2) is 33.3 Å². The van der Waals surface area contributed by atoms with Crippen LogP contribution in [0.3, 0.4) is 0 Å². The summed E-state index contributed by atoms with van der Waals surface area (Å²) >= 11 is 1.57. The number of thiazole rings is 1. The van der Waals surface area contributed by atoms with Gasteiger partial charge in [-0.05, 0) is 49.5 Å². The molecule has 3 heterocycles. The highest BCUT2D eigenvalue weighted by Gasteiger charge is 2.15. The van der Waals surface area contributed by atoms with Gasteiger partial charge >= 0.3 is 0 Å². The molecule has 1 saturated heterocycles. The minimum absolute atomic E-state index is 0.0338. The SMILES string of the molecule is CC1CCN(Cc2ccc(NC(=O)Cc3cn4ccsc4n3)cc2)CC1. The maximum atomic E-state index is 12.2. The topological polar surface area (TPSA) is 49.6 Å². The number of likely N-dealkylation sites (tertiary alicyclic amines) is 1. The van der Waals surface area contributed by atoms with Crippen molar-refractivity contribution in [2.45, 2.75) is 32.7 Å². The molecule has 136 valence electrons. The predicted molar refractivity (Wildman–Crippen MR) is 106 cm³/mol. The van der Waals surface area contributed by atoms with Crippen molar-refractivity contribution in [2.75, 3.05) is 18.4 Å². The number of hydrogen-bond acceptors (Lipinski definition) is 4. The van der Waals surface area contributed by atoms with Crippen molar-refractivity contribution in [1.29, 1.82) is 0 Å². The van der Waals surface area contributed by atoms with Gasteiger partial charge in [-0.3, -0.25) is 14.1 Å². The summed E-state index contributed by atoms with van der Waals surface area (Å²) in [5.74, 6) is 0.823. The molecule has 1 aliphatic rings. The number of aromatic nitrogens is 2. The Morgan fingerprint density at radius 2 is 2.04 bits per heavy atom. The highest BCUT2D eigenvalue weighted by molar-refractivity contribution is 7.15. The van der Waals surface area contributed by atoms with Gasteiger partial charge in [-0.1, -0.05) is 19.1 Å². The van der Waals surface area contributed by atoms with Gasteiger partial charge in [-0.25, -0.2) is 4.98 Å². The van der Waals surface area contributed by atoms with Crippen LogP contribution < -0.4 is 5.32 Å². The Hall–Kier alpha value is -2.18. The van der Waals surface area contributed by atoms with Gasteiger partial charge in [-0.2, -0.15) is 0 Å². The Morgan fingerprint density at radius 3 is 2.77 bits per heavy atom. The van der Waals surface area contributed by atoms with E-state index in [4.69, 9.17) is 0 Å². The Kier molecular flexibility index (Phi) is 5.04. The van der Waals surface area contributed by atoms with Gasteiger partial charge in [0.25, 0.3) is 0 Å². The van der Waals surface area contributed by atoms with Gasteiger partial charge < -0.3 is 5.32 Å². The smallest absolute Gasteiger partial charge is 0.230 e. The number of rotatable bonds is 5. The third kappa shape index (κ3) is 4.14. The van der Waals surface area contributed by atoms with Crippen LogP contribution in [0, 0.1) is 5.92 Å². The average Bonchev–Trinajstić information content (AvgIpc) is 3.20. The van der Waals surface area contributed by atoms with Gasteiger partial charge in [0, 0.05) is 30.0 Å². The van der Waals surface area contributed by atoms with E-state index >= 15 is 0 Å². The summed E-state index contributed by atoms with van der Waals surface area (Å²) in [6.45, 7) is 5.69. The molecule has 0 atom stereocenters. The van der Waals surface area contributed by atoms with E-state index < -0.39 is 0 Å². The zero-order valence-corrected chi connectivity index (χ0v) is 15.8. The van der Waals surface area contributed by atoms with Crippen molar-refractivity contribution >= 4 is 27.9 Å². The molecular weight excluding hydrogens is 344 g/mol. The van der Waals surface area contributed by atoms with Crippen LogP contribution in [0.25, 0.3) is 4.96 Å². The number of imidazole rings is 1. The van der Waals surface area contributed by atoms with Crippen molar-refractivity contribution in [3.8, 4) is 0 Å². The monoisotopic (exact) mass is 368 g/mol. The third-order valence-electron chi connectivity index (χ3n) is 5.00. The molecule has 1 N–H and O–H groups in total. The maximum Gasteiger partial charge on any atom is 0.230 e. The molecule has 6 heteroatoms. The van der Waals surface area contributed by atoms with Gasteiger partial charge in [0.2, 0.25) is 5.91 Å². The maximum absolute atomic E-state index is 12.2. The molecule has 0 bridgehead atoms. The van der Waals surface area contributed by atoms with Crippen molar-refractivity contribution in [3.05, 3.63) is 53.3 Å². The van der Waals surface area contributed by atoms with Crippen LogP contribution in [0.1, 0.15) is 31.0 Å². The lowest BCUT2D eigenvalue weighted by atomic mass is 9.99. The molecule has 1 fully saturated rings. The van der Waals surface area contributed by atoms with Gasteiger partial charge in [0.05, 0.1) is 12.1 Å². The number of carbonyl (C=O) groups excluding carboxylic acids is 1. The number of nitrogens with one attached hydrogen (secondary N) is 1. The zero-order valence-electron chi connectivity index (χ0n) is 15.0. The molecule has 5 nitrogen and oxygen atoms in total. The normalized spacial score (nSPS) is 16.2. The Bertz CT molecular complexity index is 846. The van der Waals surface area contributed by atoms with Crippen LogP contribution in [-0.2, 0) is 17.8 Å². The number of carbonyl (C=O) groups is 1. The standard InChI is InChI=1S/C20H24N4OS/c1-15-6-8-23(9-7-15)13-16-2-4-17(5-3-16)21-19(25)12-18-14-24-10-11-26-20(24)22-18/h2-5,10-11,14-15H,6-9,12-13H2,1H3,(H,21,25). The fraction of sp³-hybridized carbons (Fsp3) is 0.400. The summed E-state index contributed by atoms with van der Waals surface area (Å²) < 4.78 is 1.95. The molecule has 1 aromatic carbocycles. The first-order chi connectivity index (χ1) is 12.7. The molecule has 2 aromatic heterocycles. The van der Waals surface area contributed by atoms with E-state index in [0.29, 0.717) is 6.42 Å². The zero-order chi connectivity index (χ0) is 17.9. The first-order valence-electron chi connectivity index (χ1n) is 9.18. The van der Waals surface area contributed by atoms with E-state index in [0.717, 1.165) is 28.8 Å². The third-order valence-corrected chi connectivity index (χ3v) is 5.78. The summed E-state index contributed by atoms with van der Waals surface area (Å²) in [5, 5.41) is 4.95. The second kappa shape index (κ2) is 7.60. The van der Waals surface area contributed by atoms with Crippen molar-refractivity contribution in [3.63, 3.8) is 0 Å².